The van der Waals surface area contributed by atoms with E-state index in [-0.39, 0.29) is 5.69 Å². The predicted molar refractivity (Wildman–Crippen MR) is 76.3 cm³/mol. The highest BCUT2D eigenvalue weighted by Crippen LogP contribution is 2.31. The third-order valence-corrected chi connectivity index (χ3v) is 4.05. The average molecular weight is 268 g/mol. The minimum Gasteiger partial charge on any atom is -0.370 e. The molecule has 102 valence electrons. The molecule has 20 heavy (non-hydrogen) atoms. The first-order valence-corrected chi connectivity index (χ1v) is 7.06. The van der Waals surface area contributed by atoms with E-state index in [0.29, 0.717) is 6.67 Å². The van der Waals surface area contributed by atoms with Crippen LogP contribution in [-0.4, -0.2) is 14.3 Å². The molecule has 5 heteroatoms. The number of fused-ring (bicyclic) bond motifs is 2. The molecular formula is C15H16N4O. The summed E-state index contributed by atoms with van der Waals surface area (Å²) < 4.78 is 3.23. The van der Waals surface area contributed by atoms with Crippen LogP contribution in [0.25, 0.3) is 11.3 Å². The SMILES string of the molecule is O=c1n(-c2ccccc2)nc2n1CNC1=C2CCCC1. The molecule has 2 aliphatic rings. The largest absolute Gasteiger partial charge is 0.370 e. The number of rotatable bonds is 1. The third kappa shape index (κ3) is 1.62. The van der Waals surface area contributed by atoms with Crippen LogP contribution in [0.2, 0.25) is 0 Å². The Balaban J connectivity index is 1.89. The zero-order valence-corrected chi connectivity index (χ0v) is 11.2. The van der Waals surface area contributed by atoms with E-state index >= 15 is 0 Å². The topological polar surface area (TPSA) is 51.9 Å². The first kappa shape index (κ1) is 11.5. The van der Waals surface area contributed by atoms with Crippen molar-refractivity contribution in [2.24, 2.45) is 0 Å². The summed E-state index contributed by atoms with van der Waals surface area (Å²) in [6.45, 7) is 0.528. The maximum absolute atomic E-state index is 12.5. The lowest BCUT2D eigenvalue weighted by Gasteiger charge is -2.25. The van der Waals surface area contributed by atoms with Gasteiger partial charge in [-0.1, -0.05) is 18.2 Å². The van der Waals surface area contributed by atoms with Crippen LogP contribution in [0.5, 0.6) is 0 Å². The Morgan fingerprint density at radius 3 is 2.75 bits per heavy atom. The minimum atomic E-state index is -0.0733. The Morgan fingerprint density at radius 2 is 1.90 bits per heavy atom. The van der Waals surface area contributed by atoms with E-state index < -0.39 is 0 Å². The molecular weight excluding hydrogens is 252 g/mol. The number of nitrogens with one attached hydrogen (secondary N) is 1. The summed E-state index contributed by atoms with van der Waals surface area (Å²) in [5, 5.41) is 7.95. The Labute approximate surface area is 116 Å². The van der Waals surface area contributed by atoms with Crippen molar-refractivity contribution in [1.29, 1.82) is 0 Å². The number of allylic oxidation sites excluding steroid dienone is 2. The Morgan fingerprint density at radius 1 is 1.10 bits per heavy atom. The van der Waals surface area contributed by atoms with Gasteiger partial charge >= 0.3 is 5.69 Å². The Hall–Kier alpha value is -2.30. The van der Waals surface area contributed by atoms with Crippen molar-refractivity contribution in [3.8, 4) is 5.69 Å². The van der Waals surface area contributed by atoms with Gasteiger partial charge in [0.15, 0.2) is 5.82 Å². The molecule has 1 N–H and O–H groups in total. The molecule has 2 heterocycles. The van der Waals surface area contributed by atoms with Crippen molar-refractivity contribution in [3.05, 3.63) is 52.3 Å². The predicted octanol–water partition coefficient (Wildman–Crippen LogP) is 1.88. The van der Waals surface area contributed by atoms with E-state index in [1.165, 1.54) is 28.8 Å². The standard InChI is InChI=1S/C15H16N4O/c20-15-18-10-16-13-9-5-4-8-12(13)14(18)17-19(15)11-6-2-1-3-7-11/h1-3,6-7,16H,4-5,8-10H2. The molecule has 0 radical (unpaired) electrons. The fourth-order valence-electron chi connectivity index (χ4n) is 3.02. The number of para-hydroxylation sites is 1. The summed E-state index contributed by atoms with van der Waals surface area (Å²) in [5.74, 6) is 0.840. The molecule has 0 saturated carbocycles. The fraction of sp³-hybridized carbons (Fsp3) is 0.333. The van der Waals surface area contributed by atoms with Crippen LogP contribution in [0.4, 0.5) is 0 Å². The first-order valence-electron chi connectivity index (χ1n) is 7.06. The molecule has 1 aromatic carbocycles. The number of hydrogen-bond acceptors (Lipinski definition) is 3. The second-order valence-corrected chi connectivity index (χ2v) is 5.28. The van der Waals surface area contributed by atoms with E-state index in [1.54, 1.807) is 4.57 Å². The van der Waals surface area contributed by atoms with Gasteiger partial charge in [-0.3, -0.25) is 4.57 Å². The minimum absolute atomic E-state index is 0.0733. The molecule has 2 aromatic rings. The molecule has 5 nitrogen and oxygen atoms in total. The molecule has 1 aliphatic carbocycles. The Bertz CT molecular complexity index is 739. The number of aromatic nitrogens is 3. The normalized spacial score (nSPS) is 17.4. The van der Waals surface area contributed by atoms with E-state index in [4.69, 9.17) is 0 Å². The number of hydrogen-bond donors (Lipinski definition) is 1. The lowest BCUT2D eigenvalue weighted by molar-refractivity contribution is 0.530. The van der Waals surface area contributed by atoms with Crippen LogP contribution in [0, 0.1) is 0 Å². The van der Waals surface area contributed by atoms with Gasteiger partial charge in [0.05, 0.1) is 12.4 Å². The van der Waals surface area contributed by atoms with Crippen LogP contribution >= 0.6 is 0 Å². The highest BCUT2D eigenvalue weighted by atomic mass is 16.2. The molecule has 0 amide bonds. The van der Waals surface area contributed by atoms with Crippen molar-refractivity contribution < 1.29 is 0 Å². The second kappa shape index (κ2) is 4.37. The van der Waals surface area contributed by atoms with Gasteiger partial charge < -0.3 is 5.32 Å². The molecule has 0 saturated heterocycles. The third-order valence-electron chi connectivity index (χ3n) is 4.05. The quantitative estimate of drug-likeness (QED) is 0.859. The first-order chi connectivity index (χ1) is 9.84. The summed E-state index contributed by atoms with van der Waals surface area (Å²) in [6.07, 6.45) is 4.47. The van der Waals surface area contributed by atoms with Crippen LogP contribution in [0.15, 0.2) is 40.8 Å². The average Bonchev–Trinajstić information content (AvgIpc) is 2.86. The fourth-order valence-corrected chi connectivity index (χ4v) is 3.02. The van der Waals surface area contributed by atoms with Gasteiger partial charge in [-0.2, -0.15) is 4.68 Å². The van der Waals surface area contributed by atoms with E-state index in [1.807, 2.05) is 30.3 Å². The van der Waals surface area contributed by atoms with E-state index in [2.05, 4.69) is 10.4 Å². The van der Waals surface area contributed by atoms with Gasteiger partial charge in [0.2, 0.25) is 0 Å². The summed E-state index contributed by atoms with van der Waals surface area (Å²) in [7, 11) is 0. The summed E-state index contributed by atoms with van der Waals surface area (Å²) in [5.41, 5.74) is 3.23. The van der Waals surface area contributed by atoms with Crippen molar-refractivity contribution >= 4 is 5.57 Å². The zero-order valence-electron chi connectivity index (χ0n) is 11.2. The molecule has 0 atom stereocenters. The summed E-state index contributed by atoms with van der Waals surface area (Å²) in [4.78, 5) is 12.5. The van der Waals surface area contributed by atoms with Crippen molar-refractivity contribution in [1.82, 2.24) is 19.7 Å². The smallest absolute Gasteiger partial charge is 0.352 e. The van der Waals surface area contributed by atoms with Gasteiger partial charge in [-0.15, -0.1) is 5.10 Å². The van der Waals surface area contributed by atoms with Crippen molar-refractivity contribution in [2.75, 3.05) is 0 Å². The molecule has 1 aliphatic heterocycles. The van der Waals surface area contributed by atoms with E-state index in [9.17, 15) is 4.79 Å². The van der Waals surface area contributed by atoms with Gasteiger partial charge in [0.25, 0.3) is 0 Å². The Kier molecular flexibility index (Phi) is 2.52. The highest BCUT2D eigenvalue weighted by molar-refractivity contribution is 5.65. The molecule has 1 aromatic heterocycles. The van der Waals surface area contributed by atoms with Crippen molar-refractivity contribution in [3.63, 3.8) is 0 Å². The maximum Gasteiger partial charge on any atom is 0.352 e. The molecule has 4 rings (SSSR count). The zero-order chi connectivity index (χ0) is 13.5. The summed E-state index contributed by atoms with van der Waals surface area (Å²) in [6, 6.07) is 9.59. The van der Waals surface area contributed by atoms with Crippen LogP contribution < -0.4 is 11.0 Å². The van der Waals surface area contributed by atoms with Gasteiger partial charge in [-0.25, -0.2) is 4.79 Å². The van der Waals surface area contributed by atoms with Gasteiger partial charge in [-0.05, 0) is 37.8 Å². The number of benzene rings is 1. The second-order valence-electron chi connectivity index (χ2n) is 5.28. The lowest BCUT2D eigenvalue weighted by Crippen LogP contribution is -2.34. The molecule has 0 bridgehead atoms. The van der Waals surface area contributed by atoms with Crippen LogP contribution in [0.1, 0.15) is 31.5 Å². The molecule has 0 spiro atoms. The van der Waals surface area contributed by atoms with Gasteiger partial charge in [0, 0.05) is 11.3 Å². The van der Waals surface area contributed by atoms with Crippen LogP contribution in [0.3, 0.4) is 0 Å². The molecule has 0 unspecified atom stereocenters. The van der Waals surface area contributed by atoms with Crippen LogP contribution in [-0.2, 0) is 6.67 Å². The monoisotopic (exact) mass is 268 g/mol. The van der Waals surface area contributed by atoms with Gasteiger partial charge in [0.1, 0.15) is 0 Å². The lowest BCUT2D eigenvalue weighted by atomic mass is 9.95. The number of nitrogens with zero attached hydrogens (tertiary/aromatic N) is 3. The molecule has 0 fully saturated rings. The summed E-state index contributed by atoms with van der Waals surface area (Å²) >= 11 is 0. The van der Waals surface area contributed by atoms with E-state index in [0.717, 1.165) is 24.4 Å². The highest BCUT2D eigenvalue weighted by Gasteiger charge is 2.26. The maximum atomic E-state index is 12.5. The van der Waals surface area contributed by atoms with Crippen molar-refractivity contribution in [2.45, 2.75) is 32.4 Å².